The molecule has 1 N–H and O–H groups in total. The van der Waals surface area contributed by atoms with Crippen LogP contribution >= 0.6 is 0 Å². The zero-order valence-corrected chi connectivity index (χ0v) is 9.76. The van der Waals surface area contributed by atoms with Crippen molar-refractivity contribution < 1.29 is 9.47 Å². The Morgan fingerprint density at radius 2 is 2.13 bits per heavy atom. The van der Waals surface area contributed by atoms with Crippen molar-refractivity contribution in [1.82, 2.24) is 5.32 Å². The third-order valence-corrected chi connectivity index (χ3v) is 4.05. The van der Waals surface area contributed by atoms with Gasteiger partial charge in [0.1, 0.15) is 0 Å². The van der Waals surface area contributed by atoms with Gasteiger partial charge in [-0.05, 0) is 44.7 Å². The lowest BCUT2D eigenvalue weighted by Gasteiger charge is -2.46. The highest BCUT2D eigenvalue weighted by molar-refractivity contribution is 4.92. The fourth-order valence-electron chi connectivity index (χ4n) is 2.95. The smallest absolute Gasteiger partial charge is 0.0521 e. The fourth-order valence-corrected chi connectivity index (χ4v) is 2.95. The van der Waals surface area contributed by atoms with Crippen molar-refractivity contribution in [3.8, 4) is 0 Å². The maximum atomic E-state index is 5.61. The first kappa shape index (κ1) is 11.4. The molecule has 0 bridgehead atoms. The van der Waals surface area contributed by atoms with Crippen LogP contribution in [-0.4, -0.2) is 39.5 Å². The summed E-state index contributed by atoms with van der Waals surface area (Å²) < 4.78 is 11.2. The summed E-state index contributed by atoms with van der Waals surface area (Å²) in [6.45, 7) is 7.97. The van der Waals surface area contributed by atoms with Crippen molar-refractivity contribution in [3.63, 3.8) is 0 Å². The van der Waals surface area contributed by atoms with Crippen molar-refractivity contribution in [2.45, 2.75) is 26.2 Å². The number of piperidine rings is 1. The van der Waals surface area contributed by atoms with Gasteiger partial charge in [0.15, 0.2) is 0 Å². The van der Waals surface area contributed by atoms with Gasteiger partial charge in [-0.25, -0.2) is 0 Å². The summed E-state index contributed by atoms with van der Waals surface area (Å²) in [6, 6.07) is 0. The molecule has 0 aromatic carbocycles. The van der Waals surface area contributed by atoms with Gasteiger partial charge in [0.25, 0.3) is 0 Å². The predicted octanol–water partition coefficient (Wildman–Crippen LogP) is 1.43. The topological polar surface area (TPSA) is 30.5 Å². The van der Waals surface area contributed by atoms with Gasteiger partial charge in [-0.2, -0.15) is 0 Å². The average molecular weight is 213 g/mol. The van der Waals surface area contributed by atoms with Crippen LogP contribution in [0.3, 0.4) is 0 Å². The van der Waals surface area contributed by atoms with Crippen LogP contribution in [0, 0.1) is 11.3 Å². The third-order valence-electron chi connectivity index (χ3n) is 4.05. The van der Waals surface area contributed by atoms with Crippen LogP contribution < -0.4 is 5.32 Å². The van der Waals surface area contributed by atoms with Crippen LogP contribution in [-0.2, 0) is 9.47 Å². The Hall–Kier alpha value is -0.120. The van der Waals surface area contributed by atoms with E-state index in [0.29, 0.717) is 11.3 Å². The summed E-state index contributed by atoms with van der Waals surface area (Å²) in [5.41, 5.74) is 0.513. The largest absolute Gasteiger partial charge is 0.381 e. The molecule has 0 unspecified atom stereocenters. The molecule has 15 heavy (non-hydrogen) atoms. The second-order valence-corrected chi connectivity index (χ2v) is 4.79. The molecule has 2 rings (SSSR count). The number of rotatable bonds is 3. The first-order valence-electron chi connectivity index (χ1n) is 6.23. The fraction of sp³-hybridized carbons (Fsp3) is 1.00. The second-order valence-electron chi connectivity index (χ2n) is 4.79. The van der Waals surface area contributed by atoms with E-state index in [2.05, 4.69) is 12.2 Å². The first-order chi connectivity index (χ1) is 7.37. The zero-order chi connectivity index (χ0) is 10.6. The molecule has 0 aliphatic carbocycles. The van der Waals surface area contributed by atoms with E-state index in [1.807, 2.05) is 0 Å². The molecule has 3 nitrogen and oxygen atoms in total. The summed E-state index contributed by atoms with van der Waals surface area (Å²) in [5.74, 6) is 0.619. The van der Waals surface area contributed by atoms with E-state index in [-0.39, 0.29) is 0 Å². The Labute approximate surface area is 92.5 Å². The highest BCUT2D eigenvalue weighted by Gasteiger charge is 2.41. The summed E-state index contributed by atoms with van der Waals surface area (Å²) >= 11 is 0. The lowest BCUT2D eigenvalue weighted by Crippen LogP contribution is -2.48. The van der Waals surface area contributed by atoms with Gasteiger partial charge >= 0.3 is 0 Å². The normalized spacial score (nSPS) is 30.6. The quantitative estimate of drug-likeness (QED) is 0.769. The van der Waals surface area contributed by atoms with Crippen molar-refractivity contribution in [2.24, 2.45) is 11.3 Å². The third kappa shape index (κ3) is 2.52. The van der Waals surface area contributed by atoms with Gasteiger partial charge < -0.3 is 14.8 Å². The Bertz CT molecular complexity index is 182. The van der Waals surface area contributed by atoms with Gasteiger partial charge in [0, 0.05) is 19.1 Å². The summed E-state index contributed by atoms with van der Waals surface area (Å²) in [6.07, 6.45) is 3.83. The van der Waals surface area contributed by atoms with E-state index < -0.39 is 0 Å². The number of ether oxygens (including phenoxy) is 2. The summed E-state index contributed by atoms with van der Waals surface area (Å²) in [7, 11) is 0. The molecule has 2 saturated heterocycles. The Morgan fingerprint density at radius 1 is 1.33 bits per heavy atom. The van der Waals surface area contributed by atoms with Gasteiger partial charge in [-0.15, -0.1) is 0 Å². The molecule has 2 aliphatic rings. The molecule has 3 heteroatoms. The van der Waals surface area contributed by atoms with Crippen molar-refractivity contribution in [3.05, 3.63) is 0 Å². The average Bonchev–Trinajstić information content (AvgIpc) is 2.29. The van der Waals surface area contributed by atoms with Gasteiger partial charge in [-0.1, -0.05) is 0 Å². The molecule has 0 saturated carbocycles. The van der Waals surface area contributed by atoms with Crippen LogP contribution in [0.5, 0.6) is 0 Å². The molecule has 0 aromatic rings. The molecule has 2 heterocycles. The molecule has 88 valence electrons. The highest BCUT2D eigenvalue weighted by Crippen LogP contribution is 2.43. The summed E-state index contributed by atoms with van der Waals surface area (Å²) in [4.78, 5) is 0. The van der Waals surface area contributed by atoms with Gasteiger partial charge in [0.05, 0.1) is 13.2 Å². The van der Waals surface area contributed by atoms with E-state index in [1.54, 1.807) is 0 Å². The molecule has 2 aliphatic heterocycles. The second kappa shape index (κ2) is 5.28. The predicted molar refractivity (Wildman–Crippen MR) is 60.0 cm³/mol. The molecular formula is C12H23NO2. The lowest BCUT2D eigenvalue weighted by molar-refractivity contribution is -0.0870. The van der Waals surface area contributed by atoms with Crippen molar-refractivity contribution >= 4 is 0 Å². The van der Waals surface area contributed by atoms with Crippen molar-refractivity contribution in [2.75, 3.05) is 39.5 Å². The van der Waals surface area contributed by atoms with E-state index in [4.69, 9.17) is 9.47 Å². The van der Waals surface area contributed by atoms with Gasteiger partial charge in [0.2, 0.25) is 0 Å². The minimum absolute atomic E-state index is 0.513. The molecule has 1 atom stereocenters. The molecule has 1 spiro atoms. The Kier molecular flexibility index (Phi) is 4.00. The molecular weight excluding hydrogens is 190 g/mol. The molecule has 0 aromatic heterocycles. The SMILES string of the molecule is CCOC[C@H]1COCCC12CCNCC2. The highest BCUT2D eigenvalue weighted by atomic mass is 16.5. The lowest BCUT2D eigenvalue weighted by atomic mass is 9.66. The van der Waals surface area contributed by atoms with E-state index in [9.17, 15) is 0 Å². The standard InChI is InChI=1S/C12H23NO2/c1-2-14-9-11-10-15-8-5-12(11)3-6-13-7-4-12/h11,13H,2-10H2,1H3/t11-/m0/s1. The molecule has 0 radical (unpaired) electrons. The number of nitrogens with one attached hydrogen (secondary N) is 1. The first-order valence-corrected chi connectivity index (χ1v) is 6.23. The van der Waals surface area contributed by atoms with Gasteiger partial charge in [-0.3, -0.25) is 0 Å². The monoisotopic (exact) mass is 213 g/mol. The van der Waals surface area contributed by atoms with Crippen LogP contribution in [0.2, 0.25) is 0 Å². The maximum Gasteiger partial charge on any atom is 0.0521 e. The van der Waals surface area contributed by atoms with Crippen LogP contribution in [0.1, 0.15) is 26.2 Å². The van der Waals surface area contributed by atoms with Crippen molar-refractivity contribution in [1.29, 1.82) is 0 Å². The molecule has 2 fully saturated rings. The Morgan fingerprint density at radius 3 is 2.87 bits per heavy atom. The minimum atomic E-state index is 0.513. The number of hydrogen-bond acceptors (Lipinski definition) is 3. The van der Waals surface area contributed by atoms with E-state index in [0.717, 1.165) is 26.4 Å². The van der Waals surface area contributed by atoms with E-state index >= 15 is 0 Å². The summed E-state index contributed by atoms with van der Waals surface area (Å²) in [5, 5.41) is 3.45. The minimum Gasteiger partial charge on any atom is -0.381 e. The Balaban J connectivity index is 1.97. The number of hydrogen-bond donors (Lipinski definition) is 1. The maximum absolute atomic E-state index is 5.61. The van der Waals surface area contributed by atoms with Crippen LogP contribution in [0.15, 0.2) is 0 Å². The van der Waals surface area contributed by atoms with Crippen LogP contribution in [0.4, 0.5) is 0 Å². The molecule has 0 amide bonds. The van der Waals surface area contributed by atoms with Crippen LogP contribution in [0.25, 0.3) is 0 Å². The zero-order valence-electron chi connectivity index (χ0n) is 9.76. The van der Waals surface area contributed by atoms with E-state index in [1.165, 1.54) is 32.4 Å².